The molecule has 0 unspecified atom stereocenters. The van der Waals surface area contributed by atoms with Gasteiger partial charge >= 0.3 is 5.63 Å². The number of nitrogens with one attached hydrogen (secondary N) is 2. The molecular weight excluding hydrogens is 274 g/mol. The maximum atomic E-state index is 11.8. The number of nitrogens with zero attached hydrogens (tertiary/aromatic N) is 1. The molecule has 0 spiro atoms. The summed E-state index contributed by atoms with van der Waals surface area (Å²) >= 11 is 0. The van der Waals surface area contributed by atoms with Gasteiger partial charge in [0.15, 0.2) is 0 Å². The van der Waals surface area contributed by atoms with Gasteiger partial charge in [-0.2, -0.15) is 0 Å². The van der Waals surface area contributed by atoms with Crippen LogP contribution in [0.25, 0.3) is 0 Å². The quantitative estimate of drug-likeness (QED) is 0.590. The Morgan fingerprint density at radius 1 is 1.38 bits per heavy atom. The SMILES string of the molecule is CCCCOc1ccc(NC(=O)C[n+]2cc(=O)o[nH]2)cc1. The molecule has 7 heteroatoms. The van der Waals surface area contributed by atoms with Crippen LogP contribution in [-0.4, -0.2) is 17.8 Å². The Balaban J connectivity index is 1.84. The second-order valence-electron chi connectivity index (χ2n) is 4.54. The van der Waals surface area contributed by atoms with Gasteiger partial charge in [0.25, 0.3) is 18.6 Å². The molecule has 0 fully saturated rings. The molecule has 112 valence electrons. The molecule has 0 aliphatic heterocycles. The van der Waals surface area contributed by atoms with Gasteiger partial charge in [-0.05, 0) is 36.0 Å². The van der Waals surface area contributed by atoms with Crippen LogP contribution in [-0.2, 0) is 11.3 Å². The number of benzene rings is 1. The van der Waals surface area contributed by atoms with Gasteiger partial charge in [-0.1, -0.05) is 18.0 Å². The van der Waals surface area contributed by atoms with E-state index in [0.717, 1.165) is 18.6 Å². The summed E-state index contributed by atoms with van der Waals surface area (Å²) in [6.45, 7) is 2.76. The zero-order valence-corrected chi connectivity index (χ0v) is 11.8. The van der Waals surface area contributed by atoms with Gasteiger partial charge in [-0.15, -0.1) is 0 Å². The fourth-order valence-electron chi connectivity index (χ4n) is 1.69. The number of ether oxygens (including phenoxy) is 1. The monoisotopic (exact) mass is 292 g/mol. The molecule has 1 heterocycles. The Labute approximate surface area is 121 Å². The summed E-state index contributed by atoms with van der Waals surface area (Å²) in [5.41, 5.74) is 0.130. The van der Waals surface area contributed by atoms with E-state index in [-0.39, 0.29) is 12.5 Å². The van der Waals surface area contributed by atoms with Gasteiger partial charge in [-0.3, -0.25) is 9.32 Å². The van der Waals surface area contributed by atoms with Crippen molar-refractivity contribution >= 4 is 11.6 Å². The molecule has 1 aromatic carbocycles. The van der Waals surface area contributed by atoms with Crippen molar-refractivity contribution in [3.05, 3.63) is 40.9 Å². The summed E-state index contributed by atoms with van der Waals surface area (Å²) < 4.78 is 11.3. The summed E-state index contributed by atoms with van der Waals surface area (Å²) in [6, 6.07) is 7.14. The van der Waals surface area contributed by atoms with Crippen molar-refractivity contribution < 1.29 is 18.7 Å². The predicted molar refractivity (Wildman–Crippen MR) is 75.0 cm³/mol. The van der Waals surface area contributed by atoms with E-state index in [1.165, 1.54) is 10.9 Å². The Kier molecular flexibility index (Phi) is 5.14. The van der Waals surface area contributed by atoms with E-state index in [2.05, 4.69) is 22.0 Å². The summed E-state index contributed by atoms with van der Waals surface area (Å²) in [5, 5.41) is 5.02. The van der Waals surface area contributed by atoms with E-state index in [9.17, 15) is 9.59 Å². The third-order valence-corrected chi connectivity index (χ3v) is 2.74. The molecule has 1 aromatic heterocycles. The van der Waals surface area contributed by atoms with Crippen molar-refractivity contribution in [3.8, 4) is 5.75 Å². The Hall–Kier alpha value is -2.57. The maximum Gasteiger partial charge on any atom is 0.426 e. The topological polar surface area (TPSA) is 88.2 Å². The predicted octanol–water partition coefficient (Wildman–Crippen LogP) is 1.07. The molecule has 0 aliphatic rings. The van der Waals surface area contributed by atoms with Gasteiger partial charge in [0.1, 0.15) is 5.75 Å². The molecule has 0 bridgehead atoms. The third-order valence-electron chi connectivity index (χ3n) is 2.74. The summed E-state index contributed by atoms with van der Waals surface area (Å²) in [6.07, 6.45) is 3.27. The number of H-pyrrole nitrogens is 1. The first kappa shape index (κ1) is 14.8. The number of aromatic nitrogens is 2. The first-order chi connectivity index (χ1) is 10.2. The highest BCUT2D eigenvalue weighted by atomic mass is 16.5. The van der Waals surface area contributed by atoms with Gasteiger partial charge in [0.05, 0.1) is 6.61 Å². The van der Waals surface area contributed by atoms with Crippen molar-refractivity contribution in [3.63, 3.8) is 0 Å². The summed E-state index contributed by atoms with van der Waals surface area (Å²) in [7, 11) is 0. The molecule has 2 aromatic rings. The van der Waals surface area contributed by atoms with Crippen molar-refractivity contribution in [2.24, 2.45) is 0 Å². The maximum absolute atomic E-state index is 11.8. The molecule has 21 heavy (non-hydrogen) atoms. The van der Waals surface area contributed by atoms with Crippen LogP contribution in [0.2, 0.25) is 0 Å². The number of rotatable bonds is 7. The minimum absolute atomic E-state index is 0.0273. The number of anilines is 1. The molecule has 0 saturated heterocycles. The fourth-order valence-corrected chi connectivity index (χ4v) is 1.69. The first-order valence-corrected chi connectivity index (χ1v) is 6.78. The number of carbonyl (C=O) groups is 1. The van der Waals surface area contributed by atoms with Crippen LogP contribution in [0.1, 0.15) is 19.8 Å². The number of unbranched alkanes of at least 4 members (excludes halogenated alkanes) is 1. The van der Waals surface area contributed by atoms with Crippen molar-refractivity contribution in [2.75, 3.05) is 11.9 Å². The number of hydrogen-bond donors (Lipinski definition) is 2. The number of amides is 1. The van der Waals surface area contributed by atoms with Gasteiger partial charge < -0.3 is 10.1 Å². The lowest BCUT2D eigenvalue weighted by Crippen LogP contribution is -2.41. The zero-order chi connectivity index (χ0) is 15.1. The second-order valence-corrected chi connectivity index (χ2v) is 4.54. The van der Waals surface area contributed by atoms with Crippen LogP contribution >= 0.6 is 0 Å². The van der Waals surface area contributed by atoms with E-state index >= 15 is 0 Å². The summed E-state index contributed by atoms with van der Waals surface area (Å²) in [5.74, 6) is 0.506. The lowest BCUT2D eigenvalue weighted by Gasteiger charge is -2.06. The van der Waals surface area contributed by atoms with Crippen LogP contribution in [0, 0.1) is 0 Å². The molecule has 2 rings (SSSR count). The molecule has 0 saturated carbocycles. The van der Waals surface area contributed by atoms with Crippen molar-refractivity contribution in [1.29, 1.82) is 0 Å². The van der Waals surface area contributed by atoms with Crippen LogP contribution in [0.5, 0.6) is 5.75 Å². The molecule has 7 nitrogen and oxygen atoms in total. The van der Waals surface area contributed by atoms with E-state index in [1.807, 2.05) is 0 Å². The lowest BCUT2D eigenvalue weighted by molar-refractivity contribution is -0.750. The largest absolute Gasteiger partial charge is 0.494 e. The minimum Gasteiger partial charge on any atom is -0.494 e. The van der Waals surface area contributed by atoms with Crippen LogP contribution in [0.15, 0.2) is 39.8 Å². The van der Waals surface area contributed by atoms with Crippen molar-refractivity contribution in [1.82, 2.24) is 5.27 Å². The van der Waals surface area contributed by atoms with E-state index in [1.54, 1.807) is 24.3 Å². The molecular formula is C14H18N3O4+. The molecule has 2 N–H and O–H groups in total. The highest BCUT2D eigenvalue weighted by molar-refractivity contribution is 5.89. The average molecular weight is 292 g/mol. The average Bonchev–Trinajstić information content (AvgIpc) is 2.86. The third kappa shape index (κ3) is 4.79. The Bertz CT molecular complexity index is 630. The Morgan fingerprint density at radius 2 is 2.14 bits per heavy atom. The molecule has 0 atom stereocenters. The fraction of sp³-hybridized carbons (Fsp3) is 0.357. The number of hydrogen-bond acceptors (Lipinski definition) is 4. The molecule has 0 aliphatic carbocycles. The van der Waals surface area contributed by atoms with Gasteiger partial charge in [0, 0.05) is 5.69 Å². The lowest BCUT2D eigenvalue weighted by atomic mass is 10.3. The van der Waals surface area contributed by atoms with Crippen LogP contribution in [0.3, 0.4) is 0 Å². The van der Waals surface area contributed by atoms with Crippen molar-refractivity contribution in [2.45, 2.75) is 26.3 Å². The first-order valence-electron chi connectivity index (χ1n) is 6.78. The summed E-state index contributed by atoms with van der Waals surface area (Å²) in [4.78, 5) is 22.6. The molecule has 0 radical (unpaired) electrons. The highest BCUT2D eigenvalue weighted by Crippen LogP contribution is 2.15. The van der Waals surface area contributed by atoms with E-state index in [4.69, 9.17) is 4.74 Å². The van der Waals surface area contributed by atoms with Gasteiger partial charge in [0.2, 0.25) is 0 Å². The molecule has 1 amide bonds. The number of carbonyl (C=O) groups excluding carboxylic acids is 1. The smallest absolute Gasteiger partial charge is 0.426 e. The van der Waals surface area contributed by atoms with Gasteiger partial charge in [-0.25, -0.2) is 4.79 Å². The highest BCUT2D eigenvalue weighted by Gasteiger charge is 2.12. The van der Waals surface area contributed by atoms with Crippen LogP contribution < -0.4 is 20.4 Å². The van der Waals surface area contributed by atoms with E-state index in [0.29, 0.717) is 12.3 Å². The minimum atomic E-state index is -0.531. The number of aromatic amines is 1. The Morgan fingerprint density at radius 3 is 2.76 bits per heavy atom. The normalized spacial score (nSPS) is 10.3. The second kappa shape index (κ2) is 7.28. The van der Waals surface area contributed by atoms with E-state index < -0.39 is 5.63 Å². The zero-order valence-electron chi connectivity index (χ0n) is 11.8. The standard InChI is InChI=1S/C14H17N3O4/c1-2-3-8-20-12-6-4-11(5-7-12)15-13(18)9-17-10-14(19)21-16-17/h4-7,10H,2-3,8-9H2,1H3,(H-,15,16,18,19)/p+1. The van der Waals surface area contributed by atoms with Crippen LogP contribution in [0.4, 0.5) is 5.69 Å².